The first-order chi connectivity index (χ1) is 12.7. The van der Waals surface area contributed by atoms with Crippen molar-refractivity contribution in [3.8, 4) is 5.69 Å². The summed E-state index contributed by atoms with van der Waals surface area (Å²) >= 11 is 0. The van der Waals surface area contributed by atoms with Gasteiger partial charge in [-0.15, -0.1) is 0 Å². The van der Waals surface area contributed by atoms with Crippen LogP contribution in [0.1, 0.15) is 50.5 Å². The number of amides is 3. The summed E-state index contributed by atoms with van der Waals surface area (Å²) in [5.41, 5.74) is 6.99. The lowest BCUT2D eigenvalue weighted by Crippen LogP contribution is -2.28. The topological polar surface area (TPSA) is 123 Å². The van der Waals surface area contributed by atoms with Crippen LogP contribution in [0, 0.1) is 12.8 Å². The van der Waals surface area contributed by atoms with Gasteiger partial charge in [0.25, 0.3) is 23.3 Å². The molecule has 4 N–H and O–H groups in total. The highest BCUT2D eigenvalue weighted by Gasteiger charge is 2.32. The van der Waals surface area contributed by atoms with E-state index in [1.54, 1.807) is 25.1 Å². The Labute approximate surface area is 155 Å². The number of nitrogen functional groups attached to an aromatic ring is 1. The minimum absolute atomic E-state index is 0.0160. The molecule has 0 saturated carbocycles. The van der Waals surface area contributed by atoms with Crippen LogP contribution < -0.4 is 21.9 Å². The molecule has 2 heterocycles. The molecule has 1 aliphatic heterocycles. The van der Waals surface area contributed by atoms with Gasteiger partial charge in [-0.05, 0) is 36.6 Å². The second kappa shape index (κ2) is 6.71. The van der Waals surface area contributed by atoms with E-state index in [0.717, 1.165) is 6.07 Å². The molecule has 0 unspecified atom stereocenters. The van der Waals surface area contributed by atoms with Crippen LogP contribution in [0.2, 0.25) is 0 Å². The molecule has 8 nitrogen and oxygen atoms in total. The van der Waals surface area contributed by atoms with Crippen molar-refractivity contribution in [3.05, 3.63) is 56.9 Å². The molecule has 2 aromatic rings. The minimum atomic E-state index is -0.639. The average Bonchev–Trinajstić information content (AvgIpc) is 2.87. The standard InChI is InChI=1S/C19H20N4O4/c1-9(2)8-21-17(25)11-4-5-13(10(3)6-11)23-14(24)7-12-15(16(23)20)19(27)22-18(12)26/h4-7,9H,8,20H2,1-3H3,(H,21,25)(H,22,26,27). The zero-order valence-electron chi connectivity index (χ0n) is 15.3. The molecular formula is C19H20N4O4. The summed E-state index contributed by atoms with van der Waals surface area (Å²) in [6, 6.07) is 5.92. The third-order valence-electron chi connectivity index (χ3n) is 4.32. The number of benzene rings is 1. The third-order valence-corrected chi connectivity index (χ3v) is 4.32. The Morgan fingerprint density at radius 2 is 1.89 bits per heavy atom. The second-order valence-electron chi connectivity index (χ2n) is 6.88. The van der Waals surface area contributed by atoms with Gasteiger partial charge in [0.1, 0.15) is 5.82 Å². The van der Waals surface area contributed by atoms with Gasteiger partial charge in [-0.25, -0.2) is 0 Å². The summed E-state index contributed by atoms with van der Waals surface area (Å²) in [4.78, 5) is 48.4. The van der Waals surface area contributed by atoms with Crippen LogP contribution in [-0.4, -0.2) is 28.8 Å². The molecule has 0 fully saturated rings. The number of imide groups is 1. The first-order valence-electron chi connectivity index (χ1n) is 8.51. The highest BCUT2D eigenvalue weighted by atomic mass is 16.2. The number of nitrogens with one attached hydrogen (secondary N) is 2. The molecule has 140 valence electrons. The van der Waals surface area contributed by atoms with Crippen LogP contribution in [-0.2, 0) is 0 Å². The van der Waals surface area contributed by atoms with Crippen LogP contribution in [0.25, 0.3) is 5.69 Å². The number of carbonyl (C=O) groups is 3. The van der Waals surface area contributed by atoms with Gasteiger partial charge in [-0.2, -0.15) is 0 Å². The van der Waals surface area contributed by atoms with Crippen LogP contribution in [0.3, 0.4) is 0 Å². The molecule has 0 radical (unpaired) electrons. The Morgan fingerprint density at radius 1 is 1.19 bits per heavy atom. The van der Waals surface area contributed by atoms with E-state index in [1.807, 2.05) is 13.8 Å². The molecule has 1 aromatic carbocycles. The number of aromatic nitrogens is 1. The lowest BCUT2D eigenvalue weighted by Gasteiger charge is -2.15. The average molecular weight is 368 g/mol. The SMILES string of the molecule is Cc1cc(C(=O)NCC(C)C)ccc1-n1c(N)c2c(cc1=O)C(=O)NC2=O. The first kappa shape index (κ1) is 18.4. The maximum Gasteiger partial charge on any atom is 0.262 e. The number of rotatable bonds is 4. The Morgan fingerprint density at radius 3 is 2.52 bits per heavy atom. The summed E-state index contributed by atoms with van der Waals surface area (Å²) in [6.07, 6.45) is 0. The quantitative estimate of drug-likeness (QED) is 0.695. The largest absolute Gasteiger partial charge is 0.384 e. The third kappa shape index (κ3) is 3.21. The van der Waals surface area contributed by atoms with E-state index in [-0.39, 0.29) is 22.9 Å². The van der Waals surface area contributed by atoms with Crippen molar-refractivity contribution in [2.45, 2.75) is 20.8 Å². The lowest BCUT2D eigenvalue weighted by molar-refractivity contribution is 0.0878. The number of hydrogen-bond acceptors (Lipinski definition) is 5. The molecule has 0 bridgehead atoms. The lowest BCUT2D eigenvalue weighted by atomic mass is 10.1. The number of fused-ring (bicyclic) bond motifs is 1. The highest BCUT2D eigenvalue weighted by molar-refractivity contribution is 6.23. The maximum absolute atomic E-state index is 12.5. The second-order valence-corrected chi connectivity index (χ2v) is 6.88. The number of carbonyl (C=O) groups excluding carboxylic acids is 3. The number of anilines is 1. The van der Waals surface area contributed by atoms with E-state index in [4.69, 9.17) is 5.73 Å². The number of hydrogen-bond donors (Lipinski definition) is 3. The molecule has 3 amide bonds. The minimum Gasteiger partial charge on any atom is -0.384 e. The normalized spacial score (nSPS) is 12.9. The van der Waals surface area contributed by atoms with Gasteiger partial charge < -0.3 is 11.1 Å². The van der Waals surface area contributed by atoms with E-state index in [0.29, 0.717) is 29.3 Å². The monoisotopic (exact) mass is 368 g/mol. The van der Waals surface area contributed by atoms with Crippen LogP contribution in [0.15, 0.2) is 29.1 Å². The van der Waals surface area contributed by atoms with Gasteiger partial charge in [-0.1, -0.05) is 13.8 Å². The molecule has 0 saturated heterocycles. The Bertz CT molecular complexity index is 1040. The fourth-order valence-corrected chi connectivity index (χ4v) is 2.97. The number of nitrogens with zero attached hydrogens (tertiary/aromatic N) is 1. The molecule has 27 heavy (non-hydrogen) atoms. The first-order valence-corrected chi connectivity index (χ1v) is 8.51. The molecule has 0 aliphatic carbocycles. The zero-order valence-corrected chi connectivity index (χ0v) is 15.3. The van der Waals surface area contributed by atoms with Gasteiger partial charge in [0.15, 0.2) is 0 Å². The number of nitrogens with two attached hydrogens (primary N) is 1. The van der Waals surface area contributed by atoms with Gasteiger partial charge in [0, 0.05) is 18.2 Å². The van der Waals surface area contributed by atoms with Crippen molar-refractivity contribution < 1.29 is 14.4 Å². The summed E-state index contributed by atoms with van der Waals surface area (Å²) in [5, 5.41) is 4.96. The zero-order chi connectivity index (χ0) is 19.9. The Kier molecular flexibility index (Phi) is 4.57. The van der Waals surface area contributed by atoms with Crippen LogP contribution in [0.4, 0.5) is 5.82 Å². The molecule has 1 aliphatic rings. The van der Waals surface area contributed by atoms with Gasteiger partial charge >= 0.3 is 0 Å². The number of pyridine rings is 1. The smallest absolute Gasteiger partial charge is 0.262 e. The van der Waals surface area contributed by atoms with E-state index in [9.17, 15) is 19.2 Å². The molecule has 0 spiro atoms. The van der Waals surface area contributed by atoms with Crippen molar-refractivity contribution in [3.63, 3.8) is 0 Å². The Hall–Kier alpha value is -3.42. The maximum atomic E-state index is 12.5. The highest BCUT2D eigenvalue weighted by Crippen LogP contribution is 2.24. The van der Waals surface area contributed by atoms with Crippen molar-refractivity contribution >= 4 is 23.5 Å². The molecule has 8 heteroatoms. The van der Waals surface area contributed by atoms with E-state index in [2.05, 4.69) is 10.6 Å². The fourth-order valence-electron chi connectivity index (χ4n) is 2.97. The van der Waals surface area contributed by atoms with Crippen LogP contribution in [0.5, 0.6) is 0 Å². The molecular weight excluding hydrogens is 348 g/mol. The summed E-state index contributed by atoms with van der Waals surface area (Å²) < 4.78 is 1.17. The summed E-state index contributed by atoms with van der Waals surface area (Å²) in [6.45, 7) is 6.29. The van der Waals surface area contributed by atoms with Crippen molar-refractivity contribution in [2.75, 3.05) is 12.3 Å². The summed E-state index contributed by atoms with van der Waals surface area (Å²) in [7, 11) is 0. The van der Waals surface area contributed by atoms with Crippen LogP contribution >= 0.6 is 0 Å². The van der Waals surface area contributed by atoms with Gasteiger partial charge in [-0.3, -0.25) is 29.1 Å². The predicted molar refractivity (Wildman–Crippen MR) is 100 cm³/mol. The van der Waals surface area contributed by atoms with Crippen molar-refractivity contribution in [2.24, 2.45) is 5.92 Å². The molecule has 0 atom stereocenters. The fraction of sp³-hybridized carbons (Fsp3) is 0.263. The van der Waals surface area contributed by atoms with Crippen molar-refractivity contribution in [1.82, 2.24) is 15.2 Å². The summed E-state index contributed by atoms with van der Waals surface area (Å²) in [5.74, 6) is -1.27. The predicted octanol–water partition coefficient (Wildman–Crippen LogP) is 0.998. The molecule has 1 aromatic heterocycles. The van der Waals surface area contributed by atoms with Gasteiger partial charge in [0.05, 0.1) is 16.8 Å². The Balaban J connectivity index is 2.05. The van der Waals surface area contributed by atoms with E-state index in [1.165, 1.54) is 4.57 Å². The van der Waals surface area contributed by atoms with Crippen molar-refractivity contribution in [1.29, 1.82) is 0 Å². The van der Waals surface area contributed by atoms with Gasteiger partial charge in [0.2, 0.25) is 0 Å². The number of aryl methyl sites for hydroxylation is 1. The van der Waals surface area contributed by atoms with E-state index >= 15 is 0 Å². The molecule has 3 rings (SSSR count). The van der Waals surface area contributed by atoms with E-state index < -0.39 is 17.4 Å².